The number of likely N-dealkylation sites (N-methyl/N-ethyl adjacent to an activating group) is 1. The summed E-state index contributed by atoms with van der Waals surface area (Å²) in [6.07, 6.45) is 1.59. The van der Waals surface area contributed by atoms with Gasteiger partial charge in [0.2, 0.25) is 0 Å². The van der Waals surface area contributed by atoms with Crippen LogP contribution in [0.25, 0.3) is 6.08 Å². The van der Waals surface area contributed by atoms with Crippen LogP contribution in [0.1, 0.15) is 15.9 Å². The van der Waals surface area contributed by atoms with Crippen molar-refractivity contribution < 1.29 is 28.5 Å². The third-order valence-corrected chi connectivity index (χ3v) is 4.94. The van der Waals surface area contributed by atoms with Gasteiger partial charge in [-0.05, 0) is 60.2 Å². The fourth-order valence-electron chi connectivity index (χ4n) is 3.11. The predicted molar refractivity (Wildman–Crippen MR) is 133 cm³/mol. The molecular weight excluding hydrogens is 448 g/mol. The summed E-state index contributed by atoms with van der Waals surface area (Å²) >= 11 is 0. The monoisotopic (exact) mass is 476 g/mol. The number of ether oxygens (including phenoxy) is 4. The topological polar surface area (TPSA) is 95.1 Å². The lowest BCUT2D eigenvalue weighted by Gasteiger charge is -2.11. The highest BCUT2D eigenvalue weighted by Gasteiger charge is 2.13. The summed E-state index contributed by atoms with van der Waals surface area (Å²) in [5.74, 6) is 1.78. The molecule has 3 aromatic carbocycles. The van der Waals surface area contributed by atoms with Crippen molar-refractivity contribution in [1.29, 1.82) is 0 Å². The zero-order valence-corrected chi connectivity index (χ0v) is 19.9. The Morgan fingerprint density at radius 2 is 1.40 bits per heavy atom. The highest BCUT2D eigenvalue weighted by Crippen LogP contribution is 2.25. The Morgan fingerprint density at radius 1 is 0.771 bits per heavy atom. The van der Waals surface area contributed by atoms with Crippen LogP contribution in [0.3, 0.4) is 0 Å². The first-order valence-corrected chi connectivity index (χ1v) is 10.9. The minimum Gasteiger partial charge on any atom is -0.497 e. The molecule has 182 valence electrons. The van der Waals surface area contributed by atoms with E-state index in [-0.39, 0.29) is 5.70 Å². The van der Waals surface area contributed by atoms with E-state index in [0.29, 0.717) is 41.8 Å². The molecule has 0 radical (unpaired) electrons. The second-order valence-corrected chi connectivity index (χ2v) is 7.24. The second-order valence-electron chi connectivity index (χ2n) is 7.24. The summed E-state index contributed by atoms with van der Waals surface area (Å²) in [4.78, 5) is 24.9. The molecule has 0 aliphatic rings. The zero-order chi connectivity index (χ0) is 25.0. The molecule has 8 nitrogen and oxygen atoms in total. The highest BCUT2D eigenvalue weighted by molar-refractivity contribution is 6.05. The Kier molecular flexibility index (Phi) is 9.13. The van der Waals surface area contributed by atoms with Gasteiger partial charge in [0.25, 0.3) is 11.8 Å². The molecule has 8 heteroatoms. The first-order valence-electron chi connectivity index (χ1n) is 10.9. The molecule has 35 heavy (non-hydrogen) atoms. The lowest BCUT2D eigenvalue weighted by molar-refractivity contribution is -0.117. The maximum Gasteiger partial charge on any atom is 0.267 e. The van der Waals surface area contributed by atoms with E-state index in [2.05, 4.69) is 10.6 Å². The number of nitrogens with one attached hydrogen (secondary N) is 2. The first-order chi connectivity index (χ1) is 17.0. The van der Waals surface area contributed by atoms with Gasteiger partial charge in [-0.25, -0.2) is 0 Å². The number of amides is 2. The van der Waals surface area contributed by atoms with Gasteiger partial charge in [-0.1, -0.05) is 24.3 Å². The number of hydrogen-bond acceptors (Lipinski definition) is 6. The molecule has 0 saturated heterocycles. The van der Waals surface area contributed by atoms with Crippen LogP contribution in [0.4, 0.5) is 0 Å². The quantitative estimate of drug-likeness (QED) is 0.324. The summed E-state index contributed by atoms with van der Waals surface area (Å²) in [5.41, 5.74) is 1.24. The fourth-order valence-corrected chi connectivity index (χ4v) is 3.11. The van der Waals surface area contributed by atoms with Crippen molar-refractivity contribution in [2.24, 2.45) is 0 Å². The van der Waals surface area contributed by atoms with E-state index in [1.807, 2.05) is 24.3 Å². The minimum atomic E-state index is -0.416. The van der Waals surface area contributed by atoms with Crippen molar-refractivity contribution in [3.8, 4) is 23.0 Å². The standard InChI is InChI=1S/C27H28N2O6/c1-28-27(31)23(29-26(30)20-10-14-21(32-2)15-11-20)18-19-8-12-22(13-9-19)34-16-17-35-25-7-5-4-6-24(25)33-3/h4-15,18H,16-17H2,1-3H3,(H,28,31)(H,29,30)/b23-18-. The van der Waals surface area contributed by atoms with Crippen LogP contribution < -0.4 is 29.6 Å². The van der Waals surface area contributed by atoms with E-state index in [9.17, 15) is 9.59 Å². The average Bonchev–Trinajstić information content (AvgIpc) is 2.91. The molecule has 0 aliphatic carbocycles. The van der Waals surface area contributed by atoms with E-state index >= 15 is 0 Å². The third kappa shape index (κ3) is 7.26. The van der Waals surface area contributed by atoms with E-state index in [1.54, 1.807) is 68.8 Å². The molecule has 3 aromatic rings. The number of benzene rings is 3. The van der Waals surface area contributed by atoms with E-state index in [1.165, 1.54) is 7.05 Å². The Balaban J connectivity index is 1.59. The van der Waals surface area contributed by atoms with Gasteiger partial charge < -0.3 is 29.6 Å². The lowest BCUT2D eigenvalue weighted by atomic mass is 10.1. The van der Waals surface area contributed by atoms with Crippen LogP contribution in [0.5, 0.6) is 23.0 Å². The molecule has 0 unspecified atom stereocenters. The predicted octanol–water partition coefficient (Wildman–Crippen LogP) is 3.68. The zero-order valence-electron chi connectivity index (χ0n) is 19.9. The van der Waals surface area contributed by atoms with Gasteiger partial charge in [0.1, 0.15) is 30.4 Å². The van der Waals surface area contributed by atoms with Gasteiger partial charge in [-0.3, -0.25) is 9.59 Å². The summed E-state index contributed by atoms with van der Waals surface area (Å²) in [6.45, 7) is 0.689. The molecule has 0 saturated carbocycles. The molecule has 0 heterocycles. The van der Waals surface area contributed by atoms with Gasteiger partial charge >= 0.3 is 0 Å². The molecule has 0 bridgehead atoms. The maximum absolute atomic E-state index is 12.6. The Labute approximate surface area is 204 Å². The number of carbonyl (C=O) groups is 2. The number of carbonyl (C=O) groups excluding carboxylic acids is 2. The normalized spacial score (nSPS) is 10.8. The SMILES string of the molecule is CNC(=O)/C(=C/c1ccc(OCCOc2ccccc2OC)cc1)NC(=O)c1ccc(OC)cc1. The molecule has 0 atom stereocenters. The summed E-state index contributed by atoms with van der Waals surface area (Å²) in [6, 6.07) is 21.2. The number of para-hydroxylation sites is 2. The Bertz CT molecular complexity index is 1160. The average molecular weight is 477 g/mol. The molecule has 3 rings (SSSR count). The molecule has 0 aromatic heterocycles. The third-order valence-electron chi connectivity index (χ3n) is 4.94. The van der Waals surface area contributed by atoms with E-state index in [0.717, 1.165) is 5.56 Å². The summed E-state index contributed by atoms with van der Waals surface area (Å²) in [7, 11) is 4.64. The Hall–Kier alpha value is -4.46. The molecular formula is C27H28N2O6. The summed E-state index contributed by atoms with van der Waals surface area (Å²) in [5, 5.41) is 5.20. The van der Waals surface area contributed by atoms with Crippen LogP contribution in [0.15, 0.2) is 78.5 Å². The molecule has 0 spiro atoms. The van der Waals surface area contributed by atoms with Gasteiger partial charge in [0, 0.05) is 12.6 Å². The minimum absolute atomic E-state index is 0.118. The van der Waals surface area contributed by atoms with E-state index < -0.39 is 11.8 Å². The van der Waals surface area contributed by atoms with Crippen molar-refractivity contribution in [3.63, 3.8) is 0 Å². The van der Waals surface area contributed by atoms with Crippen molar-refractivity contribution in [1.82, 2.24) is 10.6 Å². The molecule has 2 N–H and O–H groups in total. The van der Waals surface area contributed by atoms with Gasteiger partial charge in [-0.15, -0.1) is 0 Å². The first kappa shape index (κ1) is 25.2. The van der Waals surface area contributed by atoms with Gasteiger partial charge in [-0.2, -0.15) is 0 Å². The smallest absolute Gasteiger partial charge is 0.267 e. The van der Waals surface area contributed by atoms with Crippen LogP contribution in [0.2, 0.25) is 0 Å². The largest absolute Gasteiger partial charge is 0.497 e. The molecule has 2 amide bonds. The van der Waals surface area contributed by atoms with Crippen molar-refractivity contribution in [3.05, 3.63) is 89.6 Å². The lowest BCUT2D eigenvalue weighted by Crippen LogP contribution is -2.33. The second kappa shape index (κ2) is 12.7. The number of hydrogen-bond donors (Lipinski definition) is 2. The van der Waals surface area contributed by atoms with Gasteiger partial charge in [0.05, 0.1) is 14.2 Å². The molecule has 0 fully saturated rings. The van der Waals surface area contributed by atoms with Crippen LogP contribution >= 0.6 is 0 Å². The van der Waals surface area contributed by atoms with Crippen LogP contribution in [0, 0.1) is 0 Å². The number of methoxy groups -OCH3 is 2. The van der Waals surface area contributed by atoms with Crippen molar-refractivity contribution in [2.45, 2.75) is 0 Å². The van der Waals surface area contributed by atoms with Crippen molar-refractivity contribution in [2.75, 3.05) is 34.5 Å². The summed E-state index contributed by atoms with van der Waals surface area (Å²) < 4.78 is 21.8. The van der Waals surface area contributed by atoms with Crippen LogP contribution in [-0.2, 0) is 4.79 Å². The highest BCUT2D eigenvalue weighted by atomic mass is 16.5. The van der Waals surface area contributed by atoms with Gasteiger partial charge in [0.15, 0.2) is 11.5 Å². The van der Waals surface area contributed by atoms with Crippen molar-refractivity contribution >= 4 is 17.9 Å². The van der Waals surface area contributed by atoms with Crippen LogP contribution in [-0.4, -0.2) is 46.3 Å². The maximum atomic E-state index is 12.6. The molecule has 0 aliphatic heterocycles. The van der Waals surface area contributed by atoms with E-state index in [4.69, 9.17) is 18.9 Å². The number of rotatable bonds is 11. The fraction of sp³-hybridized carbons (Fsp3) is 0.185. The Morgan fingerprint density at radius 3 is 2.03 bits per heavy atom.